The van der Waals surface area contributed by atoms with Crippen LogP contribution in [-0.2, 0) is 9.59 Å². The Morgan fingerprint density at radius 2 is 2.00 bits per heavy atom. The molecule has 1 aromatic carbocycles. The summed E-state index contributed by atoms with van der Waals surface area (Å²) in [6.45, 7) is 3.45. The number of imide groups is 2. The van der Waals surface area contributed by atoms with Crippen LogP contribution in [0.2, 0.25) is 0 Å². The van der Waals surface area contributed by atoms with Crippen molar-refractivity contribution in [1.82, 2.24) is 5.32 Å². The fraction of sp³-hybridized carbons (Fsp3) is 0.286. The van der Waals surface area contributed by atoms with Gasteiger partial charge < -0.3 is 0 Å². The second-order valence-corrected chi connectivity index (χ2v) is 5.88. The Hall–Kier alpha value is -2.20. The molecule has 6 nitrogen and oxygen atoms in total. The Kier molecular flexibility index (Phi) is 4.09. The van der Waals surface area contributed by atoms with E-state index in [9.17, 15) is 14.4 Å². The summed E-state index contributed by atoms with van der Waals surface area (Å²) in [5.74, 6) is -2.42. The van der Waals surface area contributed by atoms with Gasteiger partial charge in [0.2, 0.25) is 11.8 Å². The molecule has 108 valence electrons. The Balaban J connectivity index is 2.52. The summed E-state index contributed by atoms with van der Waals surface area (Å²) in [5, 5.41) is 11.3. The number of hydrogen-bond acceptors (Lipinski definition) is 4. The van der Waals surface area contributed by atoms with Gasteiger partial charge >= 0.3 is 6.03 Å². The average molecular weight is 350 g/mol. The average Bonchev–Trinajstić information content (AvgIpc) is 2.39. The number of amides is 4. The van der Waals surface area contributed by atoms with Crippen LogP contribution >= 0.6 is 15.9 Å². The summed E-state index contributed by atoms with van der Waals surface area (Å²) < 4.78 is 0.657. The molecule has 1 aromatic rings. The number of urea groups is 1. The third-order valence-electron chi connectivity index (χ3n) is 3.19. The van der Waals surface area contributed by atoms with E-state index in [0.29, 0.717) is 4.47 Å². The summed E-state index contributed by atoms with van der Waals surface area (Å²) in [6.07, 6.45) is 0. The largest absolute Gasteiger partial charge is 0.335 e. The number of nitriles is 1. The Labute approximate surface area is 129 Å². The van der Waals surface area contributed by atoms with Gasteiger partial charge in [0, 0.05) is 4.47 Å². The molecular weight excluding hydrogens is 338 g/mol. The molecule has 0 saturated carbocycles. The Morgan fingerprint density at radius 1 is 1.33 bits per heavy atom. The number of halogens is 1. The van der Waals surface area contributed by atoms with Crippen LogP contribution in [0, 0.1) is 23.2 Å². The van der Waals surface area contributed by atoms with E-state index in [1.807, 2.05) is 6.07 Å². The van der Waals surface area contributed by atoms with E-state index < -0.39 is 23.8 Å². The number of nitrogens with one attached hydrogen (secondary N) is 1. The number of carbonyl (C=O) groups excluding carboxylic acids is 3. The minimum absolute atomic E-state index is 0.168. The fourth-order valence-electron chi connectivity index (χ4n) is 2.20. The molecule has 2 rings (SSSR count). The molecule has 0 aromatic heterocycles. The number of benzene rings is 1. The van der Waals surface area contributed by atoms with Crippen molar-refractivity contribution in [3.05, 3.63) is 28.2 Å². The van der Waals surface area contributed by atoms with Gasteiger partial charge in [-0.05, 0) is 24.1 Å². The molecule has 1 aliphatic heterocycles. The molecule has 21 heavy (non-hydrogen) atoms. The molecular formula is C14H12BrN3O3. The first-order chi connectivity index (χ1) is 9.86. The van der Waals surface area contributed by atoms with E-state index in [2.05, 4.69) is 21.2 Å². The quantitative estimate of drug-likeness (QED) is 0.828. The van der Waals surface area contributed by atoms with E-state index in [4.69, 9.17) is 5.26 Å². The maximum atomic E-state index is 12.5. The van der Waals surface area contributed by atoms with Crippen molar-refractivity contribution in [2.24, 2.45) is 11.8 Å². The topological polar surface area (TPSA) is 90.3 Å². The number of anilines is 1. The first kappa shape index (κ1) is 15.2. The lowest BCUT2D eigenvalue weighted by Crippen LogP contribution is -2.59. The first-order valence-electron chi connectivity index (χ1n) is 6.25. The van der Waals surface area contributed by atoms with Gasteiger partial charge in [0.1, 0.15) is 12.0 Å². The maximum Gasteiger partial charge on any atom is 0.335 e. The molecule has 4 amide bonds. The summed E-state index contributed by atoms with van der Waals surface area (Å²) in [4.78, 5) is 37.1. The molecule has 1 atom stereocenters. The minimum Gasteiger partial charge on any atom is -0.277 e. The van der Waals surface area contributed by atoms with Gasteiger partial charge in [-0.1, -0.05) is 29.8 Å². The number of rotatable bonds is 2. The third-order valence-corrected chi connectivity index (χ3v) is 3.68. The van der Waals surface area contributed by atoms with Gasteiger partial charge in [-0.2, -0.15) is 5.26 Å². The van der Waals surface area contributed by atoms with Crippen molar-refractivity contribution < 1.29 is 14.4 Å². The monoisotopic (exact) mass is 349 g/mol. The molecule has 0 radical (unpaired) electrons. The van der Waals surface area contributed by atoms with Crippen LogP contribution in [0.4, 0.5) is 10.5 Å². The van der Waals surface area contributed by atoms with E-state index in [1.54, 1.807) is 19.9 Å². The Bertz CT molecular complexity index is 679. The smallest absolute Gasteiger partial charge is 0.277 e. The van der Waals surface area contributed by atoms with Gasteiger partial charge in [0.15, 0.2) is 0 Å². The summed E-state index contributed by atoms with van der Waals surface area (Å²) >= 11 is 3.23. The SMILES string of the molecule is CC(C)C1C(=O)NC(=O)N(c2ccc(Br)cc2C#N)C1=O. The molecule has 1 heterocycles. The van der Waals surface area contributed by atoms with Gasteiger partial charge in [-0.3, -0.25) is 14.9 Å². The van der Waals surface area contributed by atoms with Crippen LogP contribution < -0.4 is 10.2 Å². The highest BCUT2D eigenvalue weighted by Crippen LogP contribution is 2.29. The molecule has 0 spiro atoms. The zero-order valence-electron chi connectivity index (χ0n) is 11.4. The molecule has 1 aliphatic rings. The summed E-state index contributed by atoms with van der Waals surface area (Å²) in [6, 6.07) is 5.74. The normalized spacial score (nSPS) is 18.7. The van der Waals surface area contributed by atoms with Crippen molar-refractivity contribution in [1.29, 1.82) is 5.26 Å². The zero-order valence-corrected chi connectivity index (χ0v) is 13.0. The maximum absolute atomic E-state index is 12.5. The zero-order chi connectivity index (χ0) is 15.7. The third kappa shape index (κ3) is 2.67. The molecule has 1 saturated heterocycles. The fourth-order valence-corrected chi connectivity index (χ4v) is 2.56. The van der Waals surface area contributed by atoms with Crippen LogP contribution in [0.25, 0.3) is 0 Å². The van der Waals surface area contributed by atoms with Crippen LogP contribution in [0.1, 0.15) is 19.4 Å². The Morgan fingerprint density at radius 3 is 2.57 bits per heavy atom. The van der Waals surface area contributed by atoms with Crippen molar-refractivity contribution in [2.45, 2.75) is 13.8 Å². The van der Waals surface area contributed by atoms with E-state index in [0.717, 1.165) is 4.90 Å². The van der Waals surface area contributed by atoms with Crippen LogP contribution in [0.3, 0.4) is 0 Å². The lowest BCUT2D eigenvalue weighted by atomic mass is 9.91. The molecule has 7 heteroatoms. The lowest BCUT2D eigenvalue weighted by Gasteiger charge is -2.32. The molecule has 1 fully saturated rings. The standard InChI is InChI=1S/C14H12BrN3O3/c1-7(2)11-12(19)17-14(21)18(13(11)20)10-4-3-9(15)5-8(10)6-16/h3-5,7,11H,1-2H3,(H,17,19,21). The van der Waals surface area contributed by atoms with E-state index >= 15 is 0 Å². The summed E-state index contributed by atoms with van der Waals surface area (Å²) in [7, 11) is 0. The van der Waals surface area contributed by atoms with Gasteiger partial charge in [0.25, 0.3) is 0 Å². The van der Waals surface area contributed by atoms with E-state index in [-0.39, 0.29) is 17.2 Å². The second-order valence-electron chi connectivity index (χ2n) is 4.96. The van der Waals surface area contributed by atoms with Crippen LogP contribution in [0.5, 0.6) is 0 Å². The summed E-state index contributed by atoms with van der Waals surface area (Å²) in [5.41, 5.74) is 0.339. The highest BCUT2D eigenvalue weighted by molar-refractivity contribution is 9.10. The highest BCUT2D eigenvalue weighted by atomic mass is 79.9. The van der Waals surface area contributed by atoms with Gasteiger partial charge in [-0.25, -0.2) is 9.69 Å². The van der Waals surface area contributed by atoms with E-state index in [1.165, 1.54) is 12.1 Å². The van der Waals surface area contributed by atoms with Crippen molar-refractivity contribution in [3.63, 3.8) is 0 Å². The van der Waals surface area contributed by atoms with Gasteiger partial charge in [0.05, 0.1) is 11.3 Å². The highest BCUT2D eigenvalue weighted by Gasteiger charge is 2.43. The van der Waals surface area contributed by atoms with Crippen molar-refractivity contribution in [3.8, 4) is 6.07 Å². The van der Waals surface area contributed by atoms with Crippen molar-refractivity contribution >= 4 is 39.5 Å². The predicted molar refractivity (Wildman–Crippen MR) is 78.2 cm³/mol. The first-order valence-corrected chi connectivity index (χ1v) is 7.04. The molecule has 0 aliphatic carbocycles. The molecule has 1 unspecified atom stereocenters. The second kappa shape index (κ2) is 5.66. The number of nitrogens with zero attached hydrogens (tertiary/aromatic N) is 2. The molecule has 0 bridgehead atoms. The number of carbonyl (C=O) groups is 3. The van der Waals surface area contributed by atoms with Crippen molar-refractivity contribution in [2.75, 3.05) is 4.90 Å². The predicted octanol–water partition coefficient (Wildman–Crippen LogP) is 2.18. The molecule has 1 N–H and O–H groups in total. The van der Waals surface area contributed by atoms with Crippen LogP contribution in [0.15, 0.2) is 22.7 Å². The van der Waals surface area contributed by atoms with Crippen LogP contribution in [-0.4, -0.2) is 17.8 Å². The number of barbiturate groups is 1. The number of hydrogen-bond donors (Lipinski definition) is 1. The van der Waals surface area contributed by atoms with Gasteiger partial charge in [-0.15, -0.1) is 0 Å². The minimum atomic E-state index is -0.946. The lowest BCUT2D eigenvalue weighted by molar-refractivity contribution is -0.136.